The van der Waals surface area contributed by atoms with Crippen molar-refractivity contribution < 1.29 is 13.2 Å². The molecule has 0 fully saturated rings. The first-order chi connectivity index (χ1) is 6.61. The number of hydrogen-bond acceptors (Lipinski definition) is 2. The average Bonchev–Trinajstić information content (AvgIpc) is 2.55. The smallest absolute Gasteiger partial charge is 0.205 e. The van der Waals surface area contributed by atoms with Gasteiger partial charge in [-0.05, 0) is 6.07 Å². The zero-order chi connectivity index (χ0) is 10.3. The van der Waals surface area contributed by atoms with E-state index in [-0.39, 0.29) is 20.5 Å². The summed E-state index contributed by atoms with van der Waals surface area (Å²) in [5.74, 6) is -0.525. The molecule has 2 aromatic rings. The highest BCUT2D eigenvalue weighted by atomic mass is 32.1. The number of halogens is 3. The van der Waals surface area contributed by atoms with Crippen LogP contribution in [0.4, 0.5) is 13.2 Å². The molecule has 0 aliphatic carbocycles. The van der Waals surface area contributed by atoms with Crippen molar-refractivity contribution in [2.45, 2.75) is 11.3 Å². The minimum absolute atomic E-state index is 0.114. The molecule has 0 N–H and O–H groups in total. The Hall–Kier alpha value is -0.680. The van der Waals surface area contributed by atoms with Crippen LogP contribution in [-0.4, -0.2) is 0 Å². The number of thiophene rings is 1. The van der Waals surface area contributed by atoms with E-state index >= 15 is 0 Å². The highest BCUT2D eigenvalue weighted by molar-refractivity contribution is 7.80. The maximum Gasteiger partial charge on any atom is 0.265 e. The zero-order valence-electron chi connectivity index (χ0n) is 6.80. The number of thiol groups is 1. The van der Waals surface area contributed by atoms with Gasteiger partial charge in [-0.2, -0.15) is 0 Å². The molecule has 0 atom stereocenters. The number of hydrogen-bond donors (Lipinski definition) is 1. The molecule has 1 aromatic carbocycles. The lowest BCUT2D eigenvalue weighted by molar-refractivity contribution is 0.153. The van der Waals surface area contributed by atoms with E-state index < -0.39 is 12.2 Å². The van der Waals surface area contributed by atoms with Crippen LogP contribution in [0.2, 0.25) is 0 Å². The van der Waals surface area contributed by atoms with Gasteiger partial charge >= 0.3 is 0 Å². The molecule has 0 saturated carbocycles. The van der Waals surface area contributed by atoms with Crippen molar-refractivity contribution in [2.75, 3.05) is 0 Å². The van der Waals surface area contributed by atoms with Crippen LogP contribution in [0, 0.1) is 5.82 Å². The van der Waals surface area contributed by atoms with E-state index in [4.69, 9.17) is 0 Å². The summed E-state index contributed by atoms with van der Waals surface area (Å²) >= 11 is 4.86. The second-order valence-corrected chi connectivity index (χ2v) is 4.13. The van der Waals surface area contributed by atoms with Gasteiger partial charge < -0.3 is 0 Å². The molecule has 74 valence electrons. The summed E-state index contributed by atoms with van der Waals surface area (Å²) < 4.78 is 38.5. The maximum absolute atomic E-state index is 13.4. The van der Waals surface area contributed by atoms with Gasteiger partial charge in [0.15, 0.2) is 5.82 Å². The molecule has 0 radical (unpaired) electrons. The maximum atomic E-state index is 13.4. The van der Waals surface area contributed by atoms with Gasteiger partial charge in [0.2, 0.25) is 0 Å². The Morgan fingerprint density at radius 2 is 2.00 bits per heavy atom. The van der Waals surface area contributed by atoms with E-state index in [1.54, 1.807) is 0 Å². The highest BCUT2D eigenvalue weighted by Crippen LogP contribution is 2.35. The number of fused-ring (bicyclic) bond motifs is 1. The third-order valence-corrected chi connectivity index (χ3v) is 3.28. The molecule has 0 saturated heterocycles. The lowest BCUT2D eigenvalue weighted by atomic mass is 10.2. The van der Waals surface area contributed by atoms with Crippen LogP contribution in [0.15, 0.2) is 22.4 Å². The lowest BCUT2D eigenvalue weighted by Gasteiger charge is -1.99. The van der Waals surface area contributed by atoms with Crippen LogP contribution in [0.3, 0.4) is 0 Å². The molecule has 2 rings (SSSR count). The third-order valence-electron chi connectivity index (χ3n) is 1.93. The van der Waals surface area contributed by atoms with Gasteiger partial charge in [0.25, 0.3) is 6.43 Å². The topological polar surface area (TPSA) is 0 Å². The van der Waals surface area contributed by atoms with Crippen molar-refractivity contribution in [3.8, 4) is 0 Å². The molecule has 0 spiro atoms. The quantitative estimate of drug-likeness (QED) is 0.700. The summed E-state index contributed by atoms with van der Waals surface area (Å²) in [6.45, 7) is 0. The molecular weight excluding hydrogens is 229 g/mol. The molecule has 0 aliphatic rings. The predicted molar refractivity (Wildman–Crippen MR) is 54.0 cm³/mol. The van der Waals surface area contributed by atoms with E-state index in [9.17, 15) is 13.2 Å². The van der Waals surface area contributed by atoms with Crippen LogP contribution in [0.5, 0.6) is 0 Å². The highest BCUT2D eigenvalue weighted by Gasteiger charge is 2.16. The van der Waals surface area contributed by atoms with Gasteiger partial charge in [-0.15, -0.1) is 24.0 Å². The predicted octanol–water partition coefficient (Wildman–Crippen LogP) is 4.27. The number of benzene rings is 1. The fourth-order valence-corrected chi connectivity index (χ4v) is 2.51. The molecule has 0 amide bonds. The van der Waals surface area contributed by atoms with E-state index in [0.29, 0.717) is 0 Å². The first-order valence-electron chi connectivity index (χ1n) is 3.78. The fourth-order valence-electron chi connectivity index (χ4n) is 1.24. The summed E-state index contributed by atoms with van der Waals surface area (Å²) in [5, 5.41) is 1.56. The van der Waals surface area contributed by atoms with Crippen molar-refractivity contribution in [1.82, 2.24) is 0 Å². The Labute approximate surface area is 87.8 Å². The van der Waals surface area contributed by atoms with Gasteiger partial charge in [-0.25, -0.2) is 13.2 Å². The van der Waals surface area contributed by atoms with Gasteiger partial charge in [0.1, 0.15) is 0 Å². The van der Waals surface area contributed by atoms with Crippen LogP contribution >= 0.6 is 24.0 Å². The van der Waals surface area contributed by atoms with Crippen LogP contribution in [0.1, 0.15) is 12.0 Å². The zero-order valence-corrected chi connectivity index (χ0v) is 8.51. The summed E-state index contributed by atoms with van der Waals surface area (Å²) in [6.07, 6.45) is -2.56. The monoisotopic (exact) mass is 234 g/mol. The SMILES string of the molecule is Fc1c(S)ccc2c(C(F)F)csc12. The van der Waals surface area contributed by atoms with Crippen molar-refractivity contribution in [1.29, 1.82) is 0 Å². The first-order valence-corrected chi connectivity index (χ1v) is 5.10. The average molecular weight is 234 g/mol. The minimum atomic E-state index is -2.56. The third kappa shape index (κ3) is 1.40. The number of rotatable bonds is 1. The second kappa shape index (κ2) is 3.47. The van der Waals surface area contributed by atoms with Crippen LogP contribution < -0.4 is 0 Å². The van der Waals surface area contributed by atoms with Crippen molar-refractivity contribution in [3.63, 3.8) is 0 Å². The van der Waals surface area contributed by atoms with Crippen molar-refractivity contribution in [2.24, 2.45) is 0 Å². The van der Waals surface area contributed by atoms with Gasteiger partial charge in [0.05, 0.1) is 4.70 Å². The molecule has 0 bridgehead atoms. The normalized spacial score (nSPS) is 11.5. The summed E-state index contributed by atoms with van der Waals surface area (Å²) in [4.78, 5) is 0.181. The first kappa shape index (κ1) is 9.86. The Balaban J connectivity index is 2.77. The van der Waals surface area contributed by atoms with E-state index in [1.165, 1.54) is 17.5 Å². The van der Waals surface area contributed by atoms with E-state index in [0.717, 1.165) is 11.3 Å². The number of alkyl halides is 2. The Kier molecular flexibility index (Phi) is 2.45. The van der Waals surface area contributed by atoms with E-state index in [2.05, 4.69) is 12.6 Å². The fraction of sp³-hybridized carbons (Fsp3) is 0.111. The summed E-state index contributed by atoms with van der Waals surface area (Å²) in [5.41, 5.74) is -0.114. The largest absolute Gasteiger partial charge is 0.265 e. The molecule has 1 heterocycles. The Morgan fingerprint density at radius 1 is 1.29 bits per heavy atom. The second-order valence-electron chi connectivity index (χ2n) is 2.77. The van der Waals surface area contributed by atoms with E-state index in [1.807, 2.05) is 0 Å². The Morgan fingerprint density at radius 3 is 2.64 bits per heavy atom. The lowest BCUT2D eigenvalue weighted by Crippen LogP contribution is -1.82. The van der Waals surface area contributed by atoms with Gasteiger partial charge in [0, 0.05) is 21.2 Å². The molecule has 1 aromatic heterocycles. The molecule has 5 heteroatoms. The minimum Gasteiger partial charge on any atom is -0.205 e. The molecule has 0 nitrogen and oxygen atoms in total. The van der Waals surface area contributed by atoms with Gasteiger partial charge in [-0.3, -0.25) is 0 Å². The van der Waals surface area contributed by atoms with Crippen LogP contribution in [-0.2, 0) is 0 Å². The van der Waals surface area contributed by atoms with Crippen molar-refractivity contribution >= 4 is 34.1 Å². The molecule has 0 aliphatic heterocycles. The van der Waals surface area contributed by atoms with Crippen molar-refractivity contribution in [3.05, 3.63) is 28.9 Å². The van der Waals surface area contributed by atoms with Crippen LogP contribution in [0.25, 0.3) is 10.1 Å². The standard InChI is InChI=1S/C9H5F3S2/c10-7-6(13)2-1-4-5(9(11)12)3-14-8(4)7/h1-3,9,13H. The van der Waals surface area contributed by atoms with Gasteiger partial charge in [-0.1, -0.05) is 6.07 Å². The molecule has 14 heavy (non-hydrogen) atoms. The molecular formula is C9H5F3S2. The summed E-state index contributed by atoms with van der Waals surface area (Å²) in [6, 6.07) is 2.86. The summed E-state index contributed by atoms with van der Waals surface area (Å²) in [7, 11) is 0. The Bertz CT molecular complexity index is 476. The molecule has 0 unspecified atom stereocenters.